The van der Waals surface area contributed by atoms with E-state index in [1.165, 1.54) is 0 Å². The Hall–Kier alpha value is -0.580. The van der Waals surface area contributed by atoms with E-state index in [9.17, 15) is 8.42 Å². The molecular formula is C15H22ClNO2S. The number of halogens is 1. The minimum atomic E-state index is -3.14. The third-order valence-corrected chi connectivity index (χ3v) is 5.60. The second kappa shape index (κ2) is 6.92. The van der Waals surface area contributed by atoms with Crippen LogP contribution >= 0.6 is 11.6 Å². The molecule has 0 aromatic heterocycles. The minimum absolute atomic E-state index is 0.0314. The van der Waals surface area contributed by atoms with Crippen molar-refractivity contribution in [3.8, 4) is 0 Å². The molecule has 1 saturated carbocycles. The first-order valence-electron chi connectivity index (χ1n) is 7.19. The maximum Gasteiger partial charge on any atom is 0.156 e. The fourth-order valence-electron chi connectivity index (χ4n) is 2.37. The molecular weight excluding hydrogens is 294 g/mol. The smallest absolute Gasteiger partial charge is 0.156 e. The zero-order chi connectivity index (χ0) is 14.6. The molecule has 1 unspecified atom stereocenters. The Labute approximate surface area is 126 Å². The Morgan fingerprint density at radius 1 is 1.35 bits per heavy atom. The minimum Gasteiger partial charge on any atom is -0.313 e. The average molecular weight is 316 g/mol. The second-order valence-corrected chi connectivity index (χ2v) is 8.06. The first kappa shape index (κ1) is 15.8. The third kappa shape index (κ3) is 4.76. The van der Waals surface area contributed by atoms with Crippen molar-refractivity contribution >= 4 is 21.4 Å². The Kier molecular flexibility index (Phi) is 5.47. The molecule has 1 aromatic rings. The van der Waals surface area contributed by atoms with Crippen LogP contribution in [-0.2, 0) is 15.6 Å². The molecule has 0 amide bonds. The van der Waals surface area contributed by atoms with Crippen LogP contribution in [0.5, 0.6) is 0 Å². The van der Waals surface area contributed by atoms with Gasteiger partial charge in [0.15, 0.2) is 9.84 Å². The van der Waals surface area contributed by atoms with Crippen LogP contribution < -0.4 is 5.32 Å². The van der Waals surface area contributed by atoms with Crippen molar-refractivity contribution in [3.63, 3.8) is 0 Å². The number of hydrogen-bond donors (Lipinski definition) is 1. The predicted octanol–water partition coefficient (Wildman–Crippen LogP) is 3.03. The summed E-state index contributed by atoms with van der Waals surface area (Å²) in [6.07, 6.45) is 3.31. The first-order chi connectivity index (χ1) is 9.52. The van der Waals surface area contributed by atoms with Crippen molar-refractivity contribution in [3.05, 3.63) is 34.9 Å². The number of benzene rings is 1. The first-order valence-corrected chi connectivity index (χ1v) is 9.39. The zero-order valence-electron chi connectivity index (χ0n) is 11.8. The lowest BCUT2D eigenvalue weighted by atomic mass is 10.2. The van der Waals surface area contributed by atoms with Gasteiger partial charge in [-0.25, -0.2) is 8.42 Å². The van der Waals surface area contributed by atoms with Crippen LogP contribution in [0, 0.1) is 5.92 Å². The summed E-state index contributed by atoms with van der Waals surface area (Å²) in [4.78, 5) is 0. The van der Waals surface area contributed by atoms with Crippen LogP contribution in [0.15, 0.2) is 24.3 Å². The quantitative estimate of drug-likeness (QED) is 0.802. The topological polar surface area (TPSA) is 46.2 Å². The summed E-state index contributed by atoms with van der Waals surface area (Å²) in [7, 11) is -3.14. The SMILES string of the molecule is CCCNC(CS(=O)(=O)Cc1ccccc1Cl)C1CC1. The van der Waals surface area contributed by atoms with Crippen LogP contribution in [0.4, 0.5) is 0 Å². The van der Waals surface area contributed by atoms with Gasteiger partial charge in [0.1, 0.15) is 0 Å². The van der Waals surface area contributed by atoms with Crippen LogP contribution in [0.3, 0.4) is 0 Å². The predicted molar refractivity (Wildman–Crippen MR) is 83.7 cm³/mol. The Morgan fingerprint density at radius 3 is 2.65 bits per heavy atom. The Morgan fingerprint density at radius 2 is 2.05 bits per heavy atom. The van der Waals surface area contributed by atoms with E-state index < -0.39 is 9.84 Å². The van der Waals surface area contributed by atoms with Gasteiger partial charge in [0, 0.05) is 11.1 Å². The number of sulfone groups is 1. The van der Waals surface area contributed by atoms with E-state index in [1.807, 2.05) is 12.1 Å². The lowest BCUT2D eigenvalue weighted by Crippen LogP contribution is -2.38. The average Bonchev–Trinajstić information content (AvgIpc) is 3.21. The molecule has 1 fully saturated rings. The molecule has 1 aromatic carbocycles. The summed E-state index contributed by atoms with van der Waals surface area (Å²) in [5, 5.41) is 3.90. The van der Waals surface area contributed by atoms with Crippen molar-refractivity contribution < 1.29 is 8.42 Å². The molecule has 5 heteroatoms. The molecule has 1 aliphatic carbocycles. The van der Waals surface area contributed by atoms with Crippen molar-refractivity contribution in [2.75, 3.05) is 12.3 Å². The van der Waals surface area contributed by atoms with E-state index in [4.69, 9.17) is 11.6 Å². The van der Waals surface area contributed by atoms with E-state index in [0.29, 0.717) is 16.5 Å². The lowest BCUT2D eigenvalue weighted by molar-refractivity contribution is 0.489. The molecule has 20 heavy (non-hydrogen) atoms. The van der Waals surface area contributed by atoms with E-state index in [-0.39, 0.29) is 17.5 Å². The molecule has 0 spiro atoms. The van der Waals surface area contributed by atoms with E-state index in [0.717, 1.165) is 25.8 Å². The van der Waals surface area contributed by atoms with Crippen molar-refractivity contribution in [2.24, 2.45) is 5.92 Å². The second-order valence-electron chi connectivity index (χ2n) is 5.54. The van der Waals surface area contributed by atoms with Gasteiger partial charge < -0.3 is 5.32 Å². The highest BCUT2D eigenvalue weighted by Gasteiger charge is 2.34. The molecule has 1 atom stereocenters. The largest absolute Gasteiger partial charge is 0.313 e. The number of nitrogens with one attached hydrogen (secondary N) is 1. The summed E-state index contributed by atoms with van der Waals surface area (Å²) in [6, 6.07) is 7.26. The summed E-state index contributed by atoms with van der Waals surface area (Å²) >= 11 is 6.05. The van der Waals surface area contributed by atoms with Crippen molar-refractivity contribution in [2.45, 2.75) is 38.0 Å². The van der Waals surface area contributed by atoms with E-state index in [2.05, 4.69) is 12.2 Å². The molecule has 0 saturated heterocycles. The molecule has 0 aliphatic heterocycles. The lowest BCUT2D eigenvalue weighted by Gasteiger charge is -2.18. The molecule has 1 aliphatic rings. The van der Waals surface area contributed by atoms with Gasteiger partial charge in [0.2, 0.25) is 0 Å². The summed E-state index contributed by atoms with van der Waals surface area (Å²) in [5.74, 6) is 0.773. The highest BCUT2D eigenvalue weighted by atomic mass is 35.5. The number of hydrogen-bond acceptors (Lipinski definition) is 3. The van der Waals surface area contributed by atoms with Crippen LogP contribution in [0.1, 0.15) is 31.7 Å². The van der Waals surface area contributed by atoms with Gasteiger partial charge in [-0.15, -0.1) is 0 Å². The van der Waals surface area contributed by atoms with Crippen LogP contribution in [0.2, 0.25) is 5.02 Å². The standard InChI is InChI=1S/C15H22ClNO2S/c1-2-9-17-15(12-7-8-12)11-20(18,19)10-13-5-3-4-6-14(13)16/h3-6,12,15,17H,2,7-11H2,1H3. The molecule has 112 valence electrons. The highest BCUT2D eigenvalue weighted by molar-refractivity contribution is 7.90. The van der Waals surface area contributed by atoms with Crippen molar-refractivity contribution in [1.82, 2.24) is 5.32 Å². The van der Waals surface area contributed by atoms with Gasteiger partial charge in [-0.2, -0.15) is 0 Å². The van der Waals surface area contributed by atoms with Gasteiger partial charge in [-0.05, 0) is 43.4 Å². The maximum absolute atomic E-state index is 12.4. The molecule has 3 nitrogen and oxygen atoms in total. The molecule has 0 radical (unpaired) electrons. The molecule has 1 N–H and O–H groups in total. The molecule has 0 heterocycles. The summed E-state index contributed by atoms with van der Waals surface area (Å²) < 4.78 is 24.7. The van der Waals surface area contributed by atoms with Gasteiger partial charge in [0.05, 0.1) is 11.5 Å². The van der Waals surface area contributed by atoms with Crippen LogP contribution in [0.25, 0.3) is 0 Å². The maximum atomic E-state index is 12.4. The fraction of sp³-hybridized carbons (Fsp3) is 0.600. The highest BCUT2D eigenvalue weighted by Crippen LogP contribution is 2.33. The van der Waals surface area contributed by atoms with Gasteiger partial charge in [-0.1, -0.05) is 36.7 Å². The molecule has 0 bridgehead atoms. The monoisotopic (exact) mass is 315 g/mol. The molecule has 2 rings (SSSR count). The van der Waals surface area contributed by atoms with Crippen LogP contribution in [-0.4, -0.2) is 26.8 Å². The van der Waals surface area contributed by atoms with Gasteiger partial charge in [-0.3, -0.25) is 0 Å². The fourth-order valence-corrected chi connectivity index (χ4v) is 4.44. The summed E-state index contributed by atoms with van der Waals surface area (Å²) in [5.41, 5.74) is 0.694. The van der Waals surface area contributed by atoms with E-state index >= 15 is 0 Å². The summed E-state index contributed by atoms with van der Waals surface area (Å²) in [6.45, 7) is 2.97. The third-order valence-electron chi connectivity index (χ3n) is 3.61. The van der Waals surface area contributed by atoms with E-state index in [1.54, 1.807) is 12.1 Å². The number of rotatable bonds is 8. The van der Waals surface area contributed by atoms with Crippen molar-refractivity contribution in [1.29, 1.82) is 0 Å². The Bertz CT molecular complexity index is 541. The van der Waals surface area contributed by atoms with Gasteiger partial charge >= 0.3 is 0 Å². The Balaban J connectivity index is 2.00. The zero-order valence-corrected chi connectivity index (χ0v) is 13.4. The normalized spacial score (nSPS) is 17.1. The van der Waals surface area contributed by atoms with Gasteiger partial charge in [0.25, 0.3) is 0 Å².